The summed E-state index contributed by atoms with van der Waals surface area (Å²) in [7, 11) is 0. The molecule has 8 heavy (non-hydrogen) atoms. The summed E-state index contributed by atoms with van der Waals surface area (Å²) < 4.78 is 0. The normalized spacial score (nSPS) is 11.2. The van der Waals surface area contributed by atoms with Crippen molar-refractivity contribution in [1.82, 2.24) is 0 Å². The predicted molar refractivity (Wildman–Crippen MR) is 25.5 cm³/mol. The summed E-state index contributed by atoms with van der Waals surface area (Å²) in [6, 6.07) is 0. The van der Waals surface area contributed by atoms with Crippen LogP contribution in [-0.2, 0) is 30.7 Å². The monoisotopic (exact) mass is 283 g/mol. The maximum Gasteiger partial charge on any atom is 0.106 e. The summed E-state index contributed by atoms with van der Waals surface area (Å²) in [5.74, 6) is -0.671. The van der Waals surface area contributed by atoms with E-state index in [4.69, 9.17) is 0 Å². The fourth-order valence-electron chi connectivity index (χ4n) is 0.0830. The van der Waals surface area contributed by atoms with Crippen molar-refractivity contribution in [2.24, 2.45) is 5.92 Å². The van der Waals surface area contributed by atoms with E-state index in [0.29, 0.717) is 0 Å². The van der Waals surface area contributed by atoms with Gasteiger partial charge in [0.05, 0.1) is 0 Å². The van der Waals surface area contributed by atoms with Gasteiger partial charge in [0.15, 0.2) is 0 Å². The van der Waals surface area contributed by atoms with E-state index in [-0.39, 0.29) is 26.8 Å². The Morgan fingerprint density at radius 2 is 2.00 bits per heavy atom. The molecule has 0 aliphatic heterocycles. The van der Waals surface area contributed by atoms with Crippen LogP contribution >= 0.6 is 0 Å². The topological polar surface area (TPSA) is 34.1 Å². The van der Waals surface area contributed by atoms with Gasteiger partial charge < -0.3 is 9.59 Å². The Morgan fingerprint density at radius 1 is 1.62 bits per heavy atom. The van der Waals surface area contributed by atoms with Crippen LogP contribution in [0.5, 0.6) is 0 Å². The average molecular weight is 283 g/mol. The minimum Gasteiger partial charge on any atom is -0.541 e. The summed E-state index contributed by atoms with van der Waals surface area (Å²) in [5, 5.41) is 0. The maximum absolute atomic E-state index is 10.1. The summed E-state index contributed by atoms with van der Waals surface area (Å²) >= 11 is 0. The smallest absolute Gasteiger partial charge is 0.106 e. The number of carbonyl (C=O) groups is 1. The molecule has 0 rings (SSSR count). The molecule has 0 saturated carbocycles. The maximum atomic E-state index is 10.1. The Kier molecular flexibility index (Phi) is 7.05. The van der Waals surface area contributed by atoms with Crippen molar-refractivity contribution >= 4 is 12.1 Å². The number of hydrogen-bond acceptors (Lipinski definition) is 2. The van der Waals surface area contributed by atoms with Crippen LogP contribution in [-0.4, -0.2) is 12.1 Å². The molecular formula is C5H7O2W-. The Bertz CT molecular complexity index is 90.4. The van der Waals surface area contributed by atoms with Crippen LogP contribution in [0.4, 0.5) is 0 Å². The van der Waals surface area contributed by atoms with E-state index < -0.39 is 5.92 Å². The Labute approximate surface area is 62.9 Å². The van der Waals surface area contributed by atoms with E-state index in [1.807, 2.05) is 0 Å². The molecule has 0 aromatic rings. The third kappa shape index (κ3) is 4.19. The molecule has 3 heteroatoms. The minimum atomic E-state index is -0.542. The molecule has 2 nitrogen and oxygen atoms in total. The molecule has 0 N–H and O–H groups in total. The Morgan fingerprint density at radius 3 is 2.00 bits per heavy atom. The fraction of sp³-hybridized carbons (Fsp3) is 0.600. The predicted octanol–water partition coefficient (Wildman–Crippen LogP) is 0.319. The largest absolute Gasteiger partial charge is 0.541 e. The van der Waals surface area contributed by atoms with Crippen LogP contribution in [0.2, 0.25) is 0 Å². The Balaban J connectivity index is 0. The molecule has 1 atom stereocenters. The van der Waals surface area contributed by atoms with Gasteiger partial charge >= 0.3 is 0 Å². The number of hydrogen-bond donors (Lipinski definition) is 0. The van der Waals surface area contributed by atoms with Crippen molar-refractivity contribution in [2.75, 3.05) is 0 Å². The van der Waals surface area contributed by atoms with Crippen molar-refractivity contribution in [3.05, 3.63) is 0 Å². The third-order valence-corrected chi connectivity index (χ3v) is 0.787. The summed E-state index contributed by atoms with van der Waals surface area (Å²) in [6.45, 7) is 2.89. The molecule has 0 aliphatic carbocycles. The second-order valence-electron chi connectivity index (χ2n) is 1.45. The molecule has 0 saturated heterocycles. The van der Waals surface area contributed by atoms with Crippen molar-refractivity contribution < 1.29 is 30.7 Å². The molecule has 0 spiro atoms. The number of ketones is 1. The first-order chi connectivity index (χ1) is 3.18. The minimum absolute atomic E-state index is 0. The second-order valence-corrected chi connectivity index (χ2v) is 1.45. The summed E-state index contributed by atoms with van der Waals surface area (Å²) in [6.07, 6.45) is 1.56. The van der Waals surface area contributed by atoms with Crippen LogP contribution in [0.15, 0.2) is 0 Å². The zero-order chi connectivity index (χ0) is 5.86. The molecule has 46 valence electrons. The first-order valence-corrected chi connectivity index (χ1v) is 2.06. The molecule has 0 aromatic heterocycles. The standard InChI is InChI=1S/C5H7O2.W/c1-4(3-6)5(2)7;/h4H,1-2H3;/q-1;. The average Bonchev–Trinajstić information content (AvgIpc) is 1.65. The van der Waals surface area contributed by atoms with Gasteiger partial charge in [-0.2, -0.15) is 0 Å². The summed E-state index contributed by atoms with van der Waals surface area (Å²) in [4.78, 5) is 19.7. The van der Waals surface area contributed by atoms with Crippen LogP contribution < -0.4 is 0 Å². The van der Waals surface area contributed by atoms with Gasteiger partial charge in [-0.15, -0.1) is 0 Å². The first-order valence-electron chi connectivity index (χ1n) is 2.06. The van der Waals surface area contributed by atoms with Gasteiger partial charge in [-0.3, -0.25) is 6.29 Å². The zero-order valence-corrected chi connectivity index (χ0v) is 7.74. The number of Topliss-reactive ketones (excluding diaryl/α,β-unsaturated/α-hetero) is 1. The van der Waals surface area contributed by atoms with Gasteiger partial charge in [-0.25, -0.2) is 0 Å². The zero-order valence-electron chi connectivity index (χ0n) is 4.80. The molecule has 0 bridgehead atoms. The SMILES string of the molecule is CC(=O)C(C)[C-]=O.[W]. The van der Waals surface area contributed by atoms with E-state index in [1.54, 1.807) is 6.29 Å². The van der Waals surface area contributed by atoms with Crippen molar-refractivity contribution in [3.8, 4) is 0 Å². The van der Waals surface area contributed by atoms with Gasteiger partial charge in [0.2, 0.25) is 0 Å². The molecule has 0 fully saturated rings. The van der Waals surface area contributed by atoms with E-state index in [2.05, 4.69) is 0 Å². The number of rotatable bonds is 2. The molecule has 0 aromatic carbocycles. The van der Waals surface area contributed by atoms with Crippen LogP contribution in [0.1, 0.15) is 13.8 Å². The molecule has 0 heterocycles. The van der Waals surface area contributed by atoms with E-state index in [1.165, 1.54) is 13.8 Å². The number of carbonyl (C=O) groups excluding carboxylic acids is 2. The van der Waals surface area contributed by atoms with Crippen molar-refractivity contribution in [1.29, 1.82) is 0 Å². The van der Waals surface area contributed by atoms with E-state index in [9.17, 15) is 9.59 Å². The molecule has 0 amide bonds. The molecule has 0 radical (unpaired) electrons. The third-order valence-electron chi connectivity index (χ3n) is 0.787. The van der Waals surface area contributed by atoms with E-state index in [0.717, 1.165) is 0 Å². The molecule has 0 aliphatic rings. The van der Waals surface area contributed by atoms with Crippen molar-refractivity contribution in [2.45, 2.75) is 13.8 Å². The fourth-order valence-corrected chi connectivity index (χ4v) is 0.0830. The van der Waals surface area contributed by atoms with Crippen LogP contribution in [0, 0.1) is 5.92 Å². The van der Waals surface area contributed by atoms with Gasteiger partial charge in [0, 0.05) is 21.1 Å². The molecule has 1 unspecified atom stereocenters. The summed E-state index contributed by atoms with van der Waals surface area (Å²) in [5.41, 5.74) is 0. The van der Waals surface area contributed by atoms with Gasteiger partial charge in [-0.1, -0.05) is 12.8 Å². The van der Waals surface area contributed by atoms with E-state index >= 15 is 0 Å². The quantitative estimate of drug-likeness (QED) is 0.540. The second kappa shape index (κ2) is 5.17. The van der Waals surface area contributed by atoms with Gasteiger partial charge in [-0.05, 0) is 6.92 Å². The first kappa shape index (κ1) is 10.9. The Hall–Kier alpha value is 0.0283. The molecular weight excluding hydrogens is 276 g/mol. The van der Waals surface area contributed by atoms with Gasteiger partial charge in [0.1, 0.15) is 5.78 Å². The van der Waals surface area contributed by atoms with Gasteiger partial charge in [0.25, 0.3) is 0 Å². The van der Waals surface area contributed by atoms with Crippen molar-refractivity contribution in [3.63, 3.8) is 0 Å². The van der Waals surface area contributed by atoms with Crippen LogP contribution in [0.3, 0.4) is 0 Å². The van der Waals surface area contributed by atoms with Crippen LogP contribution in [0.25, 0.3) is 0 Å².